The van der Waals surface area contributed by atoms with E-state index in [1.165, 1.54) is 22.7 Å². The Morgan fingerprint density at radius 2 is 1.83 bits per heavy atom. The van der Waals surface area contributed by atoms with Gasteiger partial charge in [-0.05, 0) is 42.0 Å². The second-order valence-corrected chi connectivity index (χ2v) is 6.26. The van der Waals surface area contributed by atoms with Gasteiger partial charge in [0.1, 0.15) is 5.82 Å². The SMILES string of the molecule is O=c1cc(-c2ccc(F)cc2)nc2c(-c3cccc(Br)c3)c[nH]n12. The third-order valence-electron chi connectivity index (χ3n) is 3.77. The molecule has 0 bridgehead atoms. The molecule has 0 atom stereocenters. The van der Waals surface area contributed by atoms with E-state index < -0.39 is 0 Å². The number of halogens is 2. The van der Waals surface area contributed by atoms with Crippen molar-refractivity contribution >= 4 is 21.6 Å². The van der Waals surface area contributed by atoms with E-state index in [4.69, 9.17) is 0 Å². The van der Waals surface area contributed by atoms with Gasteiger partial charge in [0.25, 0.3) is 5.56 Å². The third kappa shape index (κ3) is 2.55. The molecule has 2 aromatic heterocycles. The summed E-state index contributed by atoms with van der Waals surface area (Å²) in [5, 5.41) is 2.93. The van der Waals surface area contributed by atoms with Gasteiger partial charge in [-0.25, -0.2) is 13.9 Å². The summed E-state index contributed by atoms with van der Waals surface area (Å²) in [6, 6.07) is 15.1. The molecule has 4 aromatic rings. The maximum Gasteiger partial charge on any atom is 0.273 e. The molecule has 4 rings (SSSR count). The average molecular weight is 384 g/mol. The quantitative estimate of drug-likeness (QED) is 0.562. The molecule has 0 radical (unpaired) electrons. The van der Waals surface area contributed by atoms with Crippen molar-refractivity contribution in [3.8, 4) is 22.4 Å². The number of aromatic nitrogens is 3. The summed E-state index contributed by atoms with van der Waals surface area (Å²) in [4.78, 5) is 17.0. The first-order chi connectivity index (χ1) is 11.6. The summed E-state index contributed by atoms with van der Waals surface area (Å²) in [7, 11) is 0. The molecule has 0 saturated carbocycles. The molecule has 0 spiro atoms. The lowest BCUT2D eigenvalue weighted by molar-refractivity contribution is 0.628. The summed E-state index contributed by atoms with van der Waals surface area (Å²) in [6.45, 7) is 0. The lowest BCUT2D eigenvalue weighted by Gasteiger charge is -2.03. The normalized spacial score (nSPS) is 11.1. The van der Waals surface area contributed by atoms with Crippen LogP contribution in [0.25, 0.3) is 28.0 Å². The zero-order chi connectivity index (χ0) is 16.7. The van der Waals surface area contributed by atoms with Crippen molar-refractivity contribution in [2.75, 3.05) is 0 Å². The Morgan fingerprint density at radius 1 is 1.04 bits per heavy atom. The highest BCUT2D eigenvalue weighted by atomic mass is 79.9. The molecule has 6 heteroatoms. The van der Waals surface area contributed by atoms with Crippen LogP contribution in [0.3, 0.4) is 0 Å². The standard InChI is InChI=1S/C18H11BrFN3O/c19-13-3-1-2-12(8-13)15-10-21-23-17(24)9-16(22-18(15)23)11-4-6-14(20)7-5-11/h1-10,21H. The molecule has 0 aliphatic carbocycles. The van der Waals surface area contributed by atoms with Gasteiger partial charge in [-0.2, -0.15) is 0 Å². The van der Waals surface area contributed by atoms with Gasteiger partial charge < -0.3 is 0 Å². The zero-order valence-electron chi connectivity index (χ0n) is 12.3. The number of hydrogen-bond donors (Lipinski definition) is 1. The first-order valence-electron chi connectivity index (χ1n) is 7.25. The van der Waals surface area contributed by atoms with Crippen molar-refractivity contribution in [1.82, 2.24) is 14.6 Å². The van der Waals surface area contributed by atoms with Crippen LogP contribution >= 0.6 is 15.9 Å². The number of rotatable bonds is 2. The van der Waals surface area contributed by atoms with Crippen LogP contribution in [0.1, 0.15) is 0 Å². The fourth-order valence-electron chi connectivity index (χ4n) is 2.62. The van der Waals surface area contributed by atoms with Gasteiger partial charge in [0.05, 0.1) is 5.69 Å². The predicted molar refractivity (Wildman–Crippen MR) is 94.3 cm³/mol. The minimum atomic E-state index is -0.326. The second kappa shape index (κ2) is 5.72. The molecule has 2 heterocycles. The smallest absolute Gasteiger partial charge is 0.273 e. The van der Waals surface area contributed by atoms with Crippen LogP contribution in [0.4, 0.5) is 4.39 Å². The number of benzene rings is 2. The summed E-state index contributed by atoms with van der Waals surface area (Å²) in [5.41, 5.74) is 3.26. The monoisotopic (exact) mass is 383 g/mol. The molecule has 2 aromatic carbocycles. The number of aromatic amines is 1. The Hall–Kier alpha value is -2.73. The Balaban J connectivity index is 1.95. The molecule has 4 nitrogen and oxygen atoms in total. The highest BCUT2D eigenvalue weighted by Gasteiger charge is 2.12. The molecule has 24 heavy (non-hydrogen) atoms. The highest BCUT2D eigenvalue weighted by Crippen LogP contribution is 2.26. The second-order valence-electron chi connectivity index (χ2n) is 5.34. The van der Waals surface area contributed by atoms with Crippen molar-refractivity contribution in [1.29, 1.82) is 0 Å². The molecular formula is C18H11BrFN3O. The number of nitrogens with zero attached hydrogens (tertiary/aromatic N) is 2. The summed E-state index contributed by atoms with van der Waals surface area (Å²) in [6.07, 6.45) is 1.75. The van der Waals surface area contributed by atoms with E-state index in [-0.39, 0.29) is 11.4 Å². The number of H-pyrrole nitrogens is 1. The van der Waals surface area contributed by atoms with Crippen LogP contribution in [0.5, 0.6) is 0 Å². The van der Waals surface area contributed by atoms with Gasteiger partial charge in [0.15, 0.2) is 5.65 Å². The topological polar surface area (TPSA) is 50.2 Å². The molecule has 1 N–H and O–H groups in total. The fourth-order valence-corrected chi connectivity index (χ4v) is 3.02. The lowest BCUT2D eigenvalue weighted by atomic mass is 10.1. The third-order valence-corrected chi connectivity index (χ3v) is 4.27. The minimum Gasteiger partial charge on any atom is -0.296 e. The van der Waals surface area contributed by atoms with E-state index in [2.05, 4.69) is 26.0 Å². The van der Waals surface area contributed by atoms with E-state index in [0.29, 0.717) is 16.9 Å². The molecule has 0 aliphatic heterocycles. The van der Waals surface area contributed by atoms with Crippen molar-refractivity contribution in [2.24, 2.45) is 0 Å². The van der Waals surface area contributed by atoms with E-state index in [0.717, 1.165) is 15.6 Å². The van der Waals surface area contributed by atoms with Crippen LogP contribution in [0.15, 0.2) is 70.1 Å². The van der Waals surface area contributed by atoms with Gasteiger partial charge >= 0.3 is 0 Å². The summed E-state index contributed by atoms with van der Waals surface area (Å²) >= 11 is 3.45. The van der Waals surface area contributed by atoms with Crippen LogP contribution in [0, 0.1) is 5.82 Å². The van der Waals surface area contributed by atoms with Gasteiger partial charge in [-0.15, -0.1) is 0 Å². The minimum absolute atomic E-state index is 0.222. The van der Waals surface area contributed by atoms with Gasteiger partial charge in [0, 0.05) is 27.9 Å². The summed E-state index contributed by atoms with van der Waals surface area (Å²) < 4.78 is 15.4. The molecular weight excluding hydrogens is 373 g/mol. The molecule has 0 aliphatic rings. The van der Waals surface area contributed by atoms with E-state index in [9.17, 15) is 9.18 Å². The van der Waals surface area contributed by atoms with Crippen LogP contribution in [-0.4, -0.2) is 14.6 Å². The molecule has 118 valence electrons. The number of nitrogens with one attached hydrogen (secondary N) is 1. The zero-order valence-corrected chi connectivity index (χ0v) is 13.9. The van der Waals surface area contributed by atoms with Gasteiger partial charge in [-0.3, -0.25) is 9.89 Å². The van der Waals surface area contributed by atoms with Crippen molar-refractivity contribution in [2.45, 2.75) is 0 Å². The Labute approximate surface area is 144 Å². The Kier molecular flexibility index (Phi) is 3.54. The Bertz CT molecular complexity index is 1100. The fraction of sp³-hybridized carbons (Fsp3) is 0. The summed E-state index contributed by atoms with van der Waals surface area (Å²) in [5.74, 6) is -0.326. The maximum absolute atomic E-state index is 13.1. The number of fused-ring (bicyclic) bond motifs is 1. The van der Waals surface area contributed by atoms with Crippen molar-refractivity contribution in [3.63, 3.8) is 0 Å². The molecule has 0 fully saturated rings. The molecule has 0 amide bonds. The first kappa shape index (κ1) is 14.8. The maximum atomic E-state index is 13.1. The lowest BCUT2D eigenvalue weighted by Crippen LogP contribution is -2.14. The highest BCUT2D eigenvalue weighted by molar-refractivity contribution is 9.10. The Morgan fingerprint density at radius 3 is 2.58 bits per heavy atom. The van der Waals surface area contributed by atoms with Gasteiger partial charge in [-0.1, -0.05) is 28.1 Å². The van der Waals surface area contributed by atoms with Crippen LogP contribution in [0.2, 0.25) is 0 Å². The van der Waals surface area contributed by atoms with E-state index in [1.54, 1.807) is 18.3 Å². The van der Waals surface area contributed by atoms with Crippen LogP contribution in [-0.2, 0) is 0 Å². The van der Waals surface area contributed by atoms with E-state index >= 15 is 0 Å². The average Bonchev–Trinajstić information content (AvgIpc) is 3.00. The largest absolute Gasteiger partial charge is 0.296 e. The number of hydrogen-bond acceptors (Lipinski definition) is 2. The molecule has 0 unspecified atom stereocenters. The van der Waals surface area contributed by atoms with Gasteiger partial charge in [0.2, 0.25) is 0 Å². The van der Waals surface area contributed by atoms with E-state index in [1.807, 2.05) is 24.3 Å². The van der Waals surface area contributed by atoms with Crippen molar-refractivity contribution in [3.05, 3.63) is 81.4 Å². The predicted octanol–water partition coefficient (Wildman–Crippen LogP) is 4.26. The first-order valence-corrected chi connectivity index (χ1v) is 8.04. The molecule has 0 saturated heterocycles. The van der Waals surface area contributed by atoms with Crippen LogP contribution < -0.4 is 5.56 Å². The van der Waals surface area contributed by atoms with Crippen molar-refractivity contribution < 1.29 is 4.39 Å².